The Labute approximate surface area is 210 Å². The zero-order chi connectivity index (χ0) is 24.2. The number of halogens is 1. The Bertz CT molecular complexity index is 1350. The Balaban J connectivity index is 1.42. The molecule has 0 saturated carbocycles. The second kappa shape index (κ2) is 10.3. The predicted molar refractivity (Wildman–Crippen MR) is 141 cm³/mol. The minimum Gasteiger partial charge on any atom is -0.495 e. The summed E-state index contributed by atoms with van der Waals surface area (Å²) < 4.78 is 7.12. The fourth-order valence-corrected chi connectivity index (χ4v) is 4.56. The molecule has 178 valence electrons. The van der Waals surface area contributed by atoms with Crippen LogP contribution in [0.15, 0.2) is 89.7 Å². The van der Waals surface area contributed by atoms with Crippen LogP contribution in [0.5, 0.6) is 5.75 Å². The van der Waals surface area contributed by atoms with E-state index in [1.807, 2.05) is 78.9 Å². The van der Waals surface area contributed by atoms with E-state index in [1.165, 1.54) is 0 Å². The predicted octanol–water partition coefficient (Wildman–Crippen LogP) is 5.02. The molecule has 5 rings (SSSR count). The summed E-state index contributed by atoms with van der Waals surface area (Å²) in [6, 6.07) is 27.2. The second-order valence-electron chi connectivity index (χ2n) is 8.54. The number of anilines is 1. The van der Waals surface area contributed by atoms with Crippen molar-refractivity contribution in [1.82, 2.24) is 14.7 Å². The Hall–Kier alpha value is -3.61. The summed E-state index contributed by atoms with van der Waals surface area (Å²) in [4.78, 5) is 18.1. The molecule has 0 radical (unpaired) electrons. The van der Waals surface area contributed by atoms with E-state index in [1.54, 1.807) is 11.8 Å². The average molecular weight is 487 g/mol. The summed E-state index contributed by atoms with van der Waals surface area (Å²) in [5, 5.41) is 5.41. The van der Waals surface area contributed by atoms with Crippen molar-refractivity contribution in [1.29, 1.82) is 0 Å². The quantitative estimate of drug-likeness (QED) is 0.383. The molecule has 1 aliphatic rings. The summed E-state index contributed by atoms with van der Waals surface area (Å²) in [5.41, 5.74) is 4.18. The number of hydrogen-bond acceptors (Lipinski definition) is 5. The highest BCUT2D eigenvalue weighted by Gasteiger charge is 2.21. The molecule has 1 aromatic heterocycles. The molecule has 1 aliphatic heterocycles. The first kappa shape index (κ1) is 23.1. The highest BCUT2D eigenvalue weighted by atomic mass is 35.5. The van der Waals surface area contributed by atoms with Crippen LogP contribution in [0.3, 0.4) is 0 Å². The van der Waals surface area contributed by atoms with Crippen molar-refractivity contribution in [2.24, 2.45) is 0 Å². The van der Waals surface area contributed by atoms with Crippen LogP contribution < -0.4 is 15.2 Å². The maximum atomic E-state index is 13.5. The Kier molecular flexibility index (Phi) is 6.84. The largest absolute Gasteiger partial charge is 0.495 e. The van der Waals surface area contributed by atoms with Gasteiger partial charge < -0.3 is 9.64 Å². The van der Waals surface area contributed by atoms with Gasteiger partial charge in [-0.2, -0.15) is 5.10 Å². The van der Waals surface area contributed by atoms with Gasteiger partial charge in [-0.3, -0.25) is 9.69 Å². The smallest absolute Gasteiger partial charge is 0.275 e. The van der Waals surface area contributed by atoms with Crippen LogP contribution in [-0.4, -0.2) is 48.0 Å². The van der Waals surface area contributed by atoms with E-state index in [0.29, 0.717) is 17.3 Å². The van der Waals surface area contributed by atoms with E-state index < -0.39 is 0 Å². The van der Waals surface area contributed by atoms with Gasteiger partial charge in [-0.25, -0.2) is 4.68 Å². The molecule has 0 spiro atoms. The van der Waals surface area contributed by atoms with Gasteiger partial charge in [0.15, 0.2) is 0 Å². The number of nitrogens with zero attached hydrogens (tertiary/aromatic N) is 4. The molecule has 1 saturated heterocycles. The molecule has 7 heteroatoms. The Morgan fingerprint density at radius 1 is 0.857 bits per heavy atom. The summed E-state index contributed by atoms with van der Waals surface area (Å²) in [6.45, 7) is 3.75. The number of rotatable bonds is 6. The zero-order valence-electron chi connectivity index (χ0n) is 19.6. The van der Waals surface area contributed by atoms with Crippen molar-refractivity contribution in [2.75, 3.05) is 38.2 Å². The van der Waals surface area contributed by atoms with E-state index in [4.69, 9.17) is 21.4 Å². The van der Waals surface area contributed by atoms with E-state index in [0.717, 1.165) is 54.4 Å². The van der Waals surface area contributed by atoms with Crippen molar-refractivity contribution < 1.29 is 4.74 Å². The molecule has 0 unspecified atom stereocenters. The maximum Gasteiger partial charge on any atom is 0.275 e. The van der Waals surface area contributed by atoms with Crippen molar-refractivity contribution >= 4 is 17.3 Å². The van der Waals surface area contributed by atoms with E-state index in [9.17, 15) is 4.79 Å². The fraction of sp³-hybridized carbons (Fsp3) is 0.214. The molecular formula is C28H27ClN4O2. The number of para-hydroxylation sites is 2. The van der Waals surface area contributed by atoms with E-state index in [-0.39, 0.29) is 5.56 Å². The number of methoxy groups -OCH3 is 1. The van der Waals surface area contributed by atoms with Crippen molar-refractivity contribution in [3.05, 3.63) is 100 Å². The second-order valence-corrected chi connectivity index (χ2v) is 8.98. The van der Waals surface area contributed by atoms with Gasteiger partial charge in [0.05, 0.1) is 30.7 Å². The molecule has 0 aliphatic carbocycles. The van der Waals surface area contributed by atoms with Crippen LogP contribution in [0.2, 0.25) is 5.02 Å². The number of hydrogen-bond donors (Lipinski definition) is 0. The summed E-state index contributed by atoms with van der Waals surface area (Å²) in [7, 11) is 1.70. The standard InChI is InChI=1S/C28H27ClN4O2/c1-35-27-10-6-5-9-26(27)32-17-15-31(16-18-32)20-33-28(34)24(21-7-3-2-4-8-21)19-25(30-33)22-11-13-23(29)14-12-22/h2-14,19H,15-18,20H2,1H3. The molecule has 3 aromatic carbocycles. The van der Waals surface area contributed by atoms with Crippen molar-refractivity contribution in [3.8, 4) is 28.1 Å². The van der Waals surface area contributed by atoms with Gasteiger partial charge in [-0.1, -0.05) is 66.2 Å². The van der Waals surface area contributed by atoms with Crippen molar-refractivity contribution in [3.63, 3.8) is 0 Å². The molecule has 2 heterocycles. The van der Waals surface area contributed by atoms with Crippen LogP contribution in [0, 0.1) is 0 Å². The lowest BCUT2D eigenvalue weighted by molar-refractivity contribution is 0.191. The zero-order valence-corrected chi connectivity index (χ0v) is 20.4. The normalized spacial score (nSPS) is 14.2. The third kappa shape index (κ3) is 5.09. The SMILES string of the molecule is COc1ccccc1N1CCN(Cn2nc(-c3ccc(Cl)cc3)cc(-c3ccccc3)c2=O)CC1. The van der Waals surface area contributed by atoms with Gasteiger partial charge in [0.25, 0.3) is 5.56 Å². The first-order chi connectivity index (χ1) is 17.1. The van der Waals surface area contributed by atoms with Crippen LogP contribution in [0.4, 0.5) is 5.69 Å². The highest BCUT2D eigenvalue weighted by molar-refractivity contribution is 6.30. The maximum absolute atomic E-state index is 13.5. The minimum absolute atomic E-state index is 0.0962. The first-order valence-corrected chi connectivity index (χ1v) is 12.0. The van der Waals surface area contributed by atoms with Gasteiger partial charge in [-0.05, 0) is 35.9 Å². The van der Waals surface area contributed by atoms with Gasteiger partial charge in [0.2, 0.25) is 0 Å². The van der Waals surface area contributed by atoms with Crippen LogP contribution >= 0.6 is 11.6 Å². The number of ether oxygens (including phenoxy) is 1. The molecule has 0 amide bonds. The van der Waals surface area contributed by atoms with Crippen LogP contribution in [0.1, 0.15) is 0 Å². The average Bonchev–Trinajstić information content (AvgIpc) is 2.91. The summed E-state index contributed by atoms with van der Waals surface area (Å²) in [5.74, 6) is 0.877. The number of aromatic nitrogens is 2. The number of piperazine rings is 1. The third-order valence-electron chi connectivity index (χ3n) is 6.33. The Morgan fingerprint density at radius 2 is 1.54 bits per heavy atom. The van der Waals surface area contributed by atoms with Gasteiger partial charge in [-0.15, -0.1) is 0 Å². The minimum atomic E-state index is -0.0962. The lowest BCUT2D eigenvalue weighted by Crippen LogP contribution is -2.48. The molecule has 0 N–H and O–H groups in total. The third-order valence-corrected chi connectivity index (χ3v) is 6.58. The summed E-state index contributed by atoms with van der Waals surface area (Å²) >= 11 is 6.09. The highest BCUT2D eigenvalue weighted by Crippen LogP contribution is 2.28. The first-order valence-electron chi connectivity index (χ1n) is 11.7. The molecule has 35 heavy (non-hydrogen) atoms. The number of benzene rings is 3. The molecule has 0 bridgehead atoms. The van der Waals surface area contributed by atoms with Gasteiger partial charge in [0, 0.05) is 36.8 Å². The molecular weight excluding hydrogens is 460 g/mol. The van der Waals surface area contributed by atoms with E-state index in [2.05, 4.69) is 15.9 Å². The van der Waals surface area contributed by atoms with Gasteiger partial charge >= 0.3 is 0 Å². The molecule has 6 nitrogen and oxygen atoms in total. The van der Waals surface area contributed by atoms with Crippen LogP contribution in [-0.2, 0) is 6.67 Å². The lowest BCUT2D eigenvalue weighted by Gasteiger charge is -2.36. The van der Waals surface area contributed by atoms with Crippen molar-refractivity contribution in [2.45, 2.75) is 6.67 Å². The summed E-state index contributed by atoms with van der Waals surface area (Å²) in [6.07, 6.45) is 0. The van der Waals surface area contributed by atoms with E-state index >= 15 is 0 Å². The monoisotopic (exact) mass is 486 g/mol. The van der Waals surface area contributed by atoms with Gasteiger partial charge in [0.1, 0.15) is 5.75 Å². The Morgan fingerprint density at radius 3 is 2.26 bits per heavy atom. The lowest BCUT2D eigenvalue weighted by atomic mass is 10.0. The fourth-order valence-electron chi connectivity index (χ4n) is 4.43. The molecule has 1 fully saturated rings. The molecule has 0 atom stereocenters. The topological polar surface area (TPSA) is 50.6 Å². The molecule has 4 aromatic rings. The van der Waals surface area contributed by atoms with Crippen LogP contribution in [0.25, 0.3) is 22.4 Å².